The van der Waals surface area contributed by atoms with Crippen LogP contribution in [0.25, 0.3) is 21.8 Å². The standard InChI is InChI=1S/C34H26ClFN4O3/c1-20(21-2-4-23(5-3-21)34(42)43)37-33(41)29-14-15-30(38-26-12-9-25(36)10-13-26)28-16-17-40(32(28)29)19-27-11-7-22-6-8-24(35)18-31(22)39-27/h2-18,20,38H,19H2,1H3,(H,37,41)(H,42,43)/t20-/m0/s1. The molecule has 6 rings (SSSR count). The van der Waals surface area contributed by atoms with Gasteiger partial charge in [0.2, 0.25) is 0 Å². The highest BCUT2D eigenvalue weighted by atomic mass is 35.5. The van der Waals surface area contributed by atoms with Gasteiger partial charge < -0.3 is 20.3 Å². The summed E-state index contributed by atoms with van der Waals surface area (Å²) in [5.41, 5.74) is 5.15. The van der Waals surface area contributed by atoms with Crippen molar-refractivity contribution < 1.29 is 19.1 Å². The van der Waals surface area contributed by atoms with Gasteiger partial charge in [-0.25, -0.2) is 9.18 Å². The lowest BCUT2D eigenvalue weighted by Crippen LogP contribution is -2.27. The summed E-state index contributed by atoms with van der Waals surface area (Å²) in [4.78, 5) is 29.8. The summed E-state index contributed by atoms with van der Waals surface area (Å²) in [6.45, 7) is 2.25. The van der Waals surface area contributed by atoms with Crippen LogP contribution in [0.15, 0.2) is 103 Å². The summed E-state index contributed by atoms with van der Waals surface area (Å²) < 4.78 is 15.5. The van der Waals surface area contributed by atoms with Crippen LogP contribution in [0.2, 0.25) is 5.02 Å². The number of benzene rings is 4. The number of carbonyl (C=O) groups excluding carboxylic acids is 1. The number of nitrogens with one attached hydrogen (secondary N) is 2. The average Bonchev–Trinajstić information content (AvgIpc) is 3.42. The quantitative estimate of drug-likeness (QED) is 0.167. The summed E-state index contributed by atoms with van der Waals surface area (Å²) in [6, 6.07) is 27.2. The fourth-order valence-electron chi connectivity index (χ4n) is 5.11. The highest BCUT2D eigenvalue weighted by molar-refractivity contribution is 6.31. The SMILES string of the molecule is C[C@H](NC(=O)c1ccc(Nc2ccc(F)cc2)c2ccn(Cc3ccc4ccc(Cl)cc4n3)c12)c1ccc(C(=O)O)cc1. The van der Waals surface area contributed by atoms with E-state index in [-0.39, 0.29) is 23.3 Å². The Labute approximate surface area is 251 Å². The molecule has 0 bridgehead atoms. The van der Waals surface area contributed by atoms with Crippen LogP contribution in [0.1, 0.15) is 44.9 Å². The van der Waals surface area contributed by atoms with Crippen molar-refractivity contribution in [3.05, 3.63) is 136 Å². The number of carbonyl (C=O) groups is 2. The van der Waals surface area contributed by atoms with Crippen molar-refractivity contribution in [3.8, 4) is 0 Å². The number of hydrogen-bond donors (Lipinski definition) is 3. The largest absolute Gasteiger partial charge is 0.478 e. The monoisotopic (exact) mass is 592 g/mol. The van der Waals surface area contributed by atoms with Gasteiger partial charge in [-0.1, -0.05) is 35.9 Å². The van der Waals surface area contributed by atoms with E-state index in [1.165, 1.54) is 24.3 Å². The number of aromatic carboxylic acids is 1. The van der Waals surface area contributed by atoms with Gasteiger partial charge in [0.15, 0.2) is 0 Å². The van der Waals surface area contributed by atoms with E-state index >= 15 is 0 Å². The number of nitrogens with zero attached hydrogens (tertiary/aromatic N) is 2. The van der Waals surface area contributed by atoms with Crippen molar-refractivity contribution in [2.45, 2.75) is 19.5 Å². The number of amides is 1. The Kier molecular flexibility index (Phi) is 7.52. The van der Waals surface area contributed by atoms with E-state index in [0.717, 1.165) is 33.2 Å². The van der Waals surface area contributed by atoms with Crippen molar-refractivity contribution in [2.75, 3.05) is 5.32 Å². The Morgan fingerprint density at radius 3 is 2.44 bits per heavy atom. The summed E-state index contributed by atoms with van der Waals surface area (Å²) in [6.07, 6.45) is 1.91. The minimum Gasteiger partial charge on any atom is -0.478 e. The smallest absolute Gasteiger partial charge is 0.335 e. The molecule has 0 aliphatic heterocycles. The first kappa shape index (κ1) is 27.9. The Bertz CT molecular complexity index is 1990. The molecule has 0 radical (unpaired) electrons. The van der Waals surface area contributed by atoms with Crippen LogP contribution in [-0.4, -0.2) is 26.5 Å². The van der Waals surface area contributed by atoms with Gasteiger partial charge in [0, 0.05) is 33.4 Å². The van der Waals surface area contributed by atoms with Gasteiger partial charge in [-0.3, -0.25) is 9.78 Å². The average molecular weight is 593 g/mol. The Hall–Kier alpha value is -5.21. The fourth-order valence-corrected chi connectivity index (χ4v) is 5.27. The second kappa shape index (κ2) is 11.6. The van der Waals surface area contributed by atoms with Gasteiger partial charge in [0.05, 0.1) is 40.4 Å². The van der Waals surface area contributed by atoms with Crippen LogP contribution in [0.5, 0.6) is 0 Å². The van der Waals surface area contributed by atoms with E-state index in [1.54, 1.807) is 30.3 Å². The maximum absolute atomic E-state index is 13.7. The number of pyridine rings is 1. The first-order chi connectivity index (χ1) is 20.7. The first-order valence-corrected chi connectivity index (χ1v) is 14.0. The normalized spacial score (nSPS) is 11.9. The van der Waals surface area contributed by atoms with Crippen molar-refractivity contribution in [2.24, 2.45) is 0 Å². The molecule has 1 amide bonds. The van der Waals surface area contributed by atoms with Crippen LogP contribution in [0, 0.1) is 5.82 Å². The lowest BCUT2D eigenvalue weighted by molar-refractivity contribution is 0.0696. The van der Waals surface area contributed by atoms with Crippen molar-refractivity contribution in [1.82, 2.24) is 14.9 Å². The number of rotatable bonds is 8. The lowest BCUT2D eigenvalue weighted by Gasteiger charge is -2.17. The van der Waals surface area contributed by atoms with E-state index in [0.29, 0.717) is 28.3 Å². The number of aromatic nitrogens is 2. The lowest BCUT2D eigenvalue weighted by atomic mass is 10.0. The molecule has 2 heterocycles. The molecule has 0 saturated carbocycles. The molecule has 6 aromatic rings. The van der Waals surface area contributed by atoms with Gasteiger partial charge in [-0.05, 0) is 85.3 Å². The molecule has 0 unspecified atom stereocenters. The first-order valence-electron chi connectivity index (χ1n) is 13.6. The van der Waals surface area contributed by atoms with E-state index in [1.807, 2.05) is 60.2 Å². The van der Waals surface area contributed by atoms with Crippen LogP contribution in [-0.2, 0) is 6.54 Å². The molecule has 3 N–H and O–H groups in total. The van der Waals surface area contributed by atoms with Gasteiger partial charge in [0.1, 0.15) is 5.82 Å². The van der Waals surface area contributed by atoms with Gasteiger partial charge in [0.25, 0.3) is 5.91 Å². The molecule has 0 spiro atoms. The zero-order valence-electron chi connectivity index (χ0n) is 23.0. The minimum atomic E-state index is -1.01. The molecule has 4 aromatic carbocycles. The zero-order chi connectivity index (χ0) is 30.1. The van der Waals surface area contributed by atoms with Crippen LogP contribution >= 0.6 is 11.6 Å². The third kappa shape index (κ3) is 5.91. The Morgan fingerprint density at radius 2 is 1.70 bits per heavy atom. The van der Waals surface area contributed by atoms with Crippen molar-refractivity contribution in [3.63, 3.8) is 0 Å². The second-order valence-corrected chi connectivity index (χ2v) is 10.7. The topological polar surface area (TPSA) is 96.3 Å². The molecule has 0 aliphatic rings. The van der Waals surface area contributed by atoms with Crippen LogP contribution in [0.3, 0.4) is 0 Å². The van der Waals surface area contributed by atoms with E-state index in [2.05, 4.69) is 10.6 Å². The summed E-state index contributed by atoms with van der Waals surface area (Å²) in [7, 11) is 0. The minimum absolute atomic E-state index is 0.177. The molecule has 9 heteroatoms. The molecular weight excluding hydrogens is 567 g/mol. The molecule has 7 nitrogen and oxygen atoms in total. The maximum Gasteiger partial charge on any atom is 0.335 e. The third-order valence-electron chi connectivity index (χ3n) is 7.34. The number of hydrogen-bond acceptors (Lipinski definition) is 4. The van der Waals surface area contributed by atoms with Crippen molar-refractivity contribution >= 4 is 56.7 Å². The molecule has 214 valence electrons. The predicted molar refractivity (Wildman–Crippen MR) is 167 cm³/mol. The summed E-state index contributed by atoms with van der Waals surface area (Å²) in [5, 5.41) is 18.0. The molecular formula is C34H26ClFN4O3. The van der Waals surface area contributed by atoms with Gasteiger partial charge >= 0.3 is 5.97 Å². The highest BCUT2D eigenvalue weighted by Gasteiger charge is 2.19. The molecule has 43 heavy (non-hydrogen) atoms. The van der Waals surface area contributed by atoms with Gasteiger partial charge in [-0.15, -0.1) is 0 Å². The summed E-state index contributed by atoms with van der Waals surface area (Å²) >= 11 is 6.20. The zero-order valence-corrected chi connectivity index (χ0v) is 23.8. The van der Waals surface area contributed by atoms with E-state index < -0.39 is 5.97 Å². The second-order valence-electron chi connectivity index (χ2n) is 10.3. The van der Waals surface area contributed by atoms with Crippen molar-refractivity contribution in [1.29, 1.82) is 0 Å². The number of fused-ring (bicyclic) bond motifs is 2. The number of halogens is 2. The summed E-state index contributed by atoms with van der Waals surface area (Å²) in [5.74, 6) is -1.62. The van der Waals surface area contributed by atoms with Crippen LogP contribution < -0.4 is 10.6 Å². The predicted octanol–water partition coefficient (Wildman–Crippen LogP) is 7.96. The molecule has 0 saturated heterocycles. The van der Waals surface area contributed by atoms with Crippen LogP contribution in [0.4, 0.5) is 15.8 Å². The molecule has 2 aromatic heterocycles. The van der Waals surface area contributed by atoms with Gasteiger partial charge in [-0.2, -0.15) is 0 Å². The molecule has 0 fully saturated rings. The Morgan fingerprint density at radius 1 is 0.953 bits per heavy atom. The fraction of sp³-hybridized carbons (Fsp3) is 0.0882. The molecule has 1 atom stereocenters. The number of anilines is 2. The third-order valence-corrected chi connectivity index (χ3v) is 7.58. The number of carboxylic acid groups (broad SMARTS) is 1. The Balaban J connectivity index is 1.37. The number of carboxylic acids is 1. The maximum atomic E-state index is 13.7. The van der Waals surface area contributed by atoms with E-state index in [9.17, 15) is 19.1 Å². The highest BCUT2D eigenvalue weighted by Crippen LogP contribution is 2.32. The van der Waals surface area contributed by atoms with E-state index in [4.69, 9.17) is 16.6 Å². The molecule has 0 aliphatic carbocycles.